The minimum atomic E-state index is -2.18. The van der Waals surface area contributed by atoms with Gasteiger partial charge in [0.2, 0.25) is 0 Å². The van der Waals surface area contributed by atoms with Crippen LogP contribution in [0, 0.1) is 0 Å². The lowest BCUT2D eigenvalue weighted by atomic mass is 10.4. The molecule has 66 valence electrons. The Labute approximate surface area is 91.4 Å². The standard InChI is InChI=1S/C8H9BrCl2Si/c9-6-7-12(10,11)8-4-2-1-3-5-8/h1-5H,6-7H2. The summed E-state index contributed by atoms with van der Waals surface area (Å²) in [5.41, 5.74) is 0. The van der Waals surface area contributed by atoms with Crippen molar-refractivity contribution in [2.24, 2.45) is 0 Å². The summed E-state index contributed by atoms with van der Waals surface area (Å²) in [6.45, 7) is -2.18. The van der Waals surface area contributed by atoms with Gasteiger partial charge in [0.15, 0.2) is 0 Å². The first-order valence-electron chi connectivity index (χ1n) is 3.66. The minimum Gasteiger partial charge on any atom is -0.140 e. The second kappa shape index (κ2) is 4.65. The van der Waals surface area contributed by atoms with Crippen LogP contribution in [0.25, 0.3) is 0 Å². The van der Waals surface area contributed by atoms with Gasteiger partial charge >= 0.3 is 0 Å². The van der Waals surface area contributed by atoms with Gasteiger partial charge in [-0.2, -0.15) is 0 Å². The maximum Gasteiger partial charge on any atom is 0.281 e. The lowest BCUT2D eigenvalue weighted by Crippen LogP contribution is -2.36. The second-order valence-corrected chi connectivity index (χ2v) is 10.2. The van der Waals surface area contributed by atoms with Crippen molar-refractivity contribution in [2.45, 2.75) is 6.04 Å². The number of rotatable bonds is 3. The van der Waals surface area contributed by atoms with Gasteiger partial charge in [-0.25, -0.2) is 0 Å². The molecule has 1 aromatic carbocycles. The highest BCUT2D eigenvalue weighted by molar-refractivity contribution is 9.09. The van der Waals surface area contributed by atoms with E-state index in [-0.39, 0.29) is 0 Å². The normalized spacial score (nSPS) is 11.6. The summed E-state index contributed by atoms with van der Waals surface area (Å²) in [4.78, 5) is 0. The van der Waals surface area contributed by atoms with Crippen molar-refractivity contribution >= 4 is 50.0 Å². The highest BCUT2D eigenvalue weighted by Crippen LogP contribution is 2.20. The van der Waals surface area contributed by atoms with Crippen LogP contribution in [0.2, 0.25) is 6.04 Å². The zero-order valence-electron chi connectivity index (χ0n) is 6.43. The van der Waals surface area contributed by atoms with Crippen LogP contribution in [0.4, 0.5) is 0 Å². The van der Waals surface area contributed by atoms with E-state index < -0.39 is 6.69 Å². The molecular formula is C8H9BrCl2Si. The Hall–Kier alpha value is 0.497. The lowest BCUT2D eigenvalue weighted by molar-refractivity contribution is 1.49. The summed E-state index contributed by atoms with van der Waals surface area (Å²) in [5, 5.41) is 1.95. The van der Waals surface area contributed by atoms with Gasteiger partial charge in [0.25, 0.3) is 6.69 Å². The number of hydrogen-bond donors (Lipinski definition) is 0. The fraction of sp³-hybridized carbons (Fsp3) is 0.250. The predicted octanol–water partition coefficient (Wildman–Crippen LogP) is 3.21. The Bertz CT molecular complexity index is 238. The fourth-order valence-corrected chi connectivity index (χ4v) is 6.63. The quantitative estimate of drug-likeness (QED) is 0.454. The van der Waals surface area contributed by atoms with Crippen molar-refractivity contribution in [3.63, 3.8) is 0 Å². The van der Waals surface area contributed by atoms with Gasteiger partial charge in [-0.05, 0) is 11.2 Å². The maximum absolute atomic E-state index is 6.24. The first-order chi connectivity index (χ1) is 5.67. The highest BCUT2D eigenvalue weighted by Gasteiger charge is 2.29. The Morgan fingerprint density at radius 1 is 1.17 bits per heavy atom. The van der Waals surface area contributed by atoms with Crippen molar-refractivity contribution < 1.29 is 0 Å². The van der Waals surface area contributed by atoms with Gasteiger partial charge in [-0.3, -0.25) is 0 Å². The van der Waals surface area contributed by atoms with Crippen LogP contribution in [0.3, 0.4) is 0 Å². The summed E-state index contributed by atoms with van der Waals surface area (Å²) < 4.78 is 0. The van der Waals surface area contributed by atoms with E-state index in [1.807, 2.05) is 30.3 Å². The van der Waals surface area contributed by atoms with Gasteiger partial charge in [-0.1, -0.05) is 46.3 Å². The molecule has 0 aromatic heterocycles. The molecule has 0 spiro atoms. The van der Waals surface area contributed by atoms with Crippen molar-refractivity contribution in [1.82, 2.24) is 0 Å². The average molecular weight is 284 g/mol. The van der Waals surface area contributed by atoms with Gasteiger partial charge in [0, 0.05) is 5.33 Å². The zero-order chi connectivity index (χ0) is 9.03. The molecule has 0 aliphatic rings. The molecule has 0 aliphatic carbocycles. The Morgan fingerprint density at radius 3 is 2.25 bits per heavy atom. The molecule has 1 rings (SSSR count). The van der Waals surface area contributed by atoms with Crippen LogP contribution in [0.1, 0.15) is 0 Å². The largest absolute Gasteiger partial charge is 0.281 e. The van der Waals surface area contributed by atoms with Crippen LogP contribution in [-0.4, -0.2) is 12.0 Å². The molecule has 0 saturated carbocycles. The molecule has 0 atom stereocenters. The van der Waals surface area contributed by atoms with E-state index in [0.717, 1.165) is 16.6 Å². The summed E-state index contributed by atoms with van der Waals surface area (Å²) in [5.74, 6) is 0. The third-order valence-corrected chi connectivity index (χ3v) is 7.23. The van der Waals surface area contributed by atoms with Crippen LogP contribution in [-0.2, 0) is 0 Å². The molecule has 0 bridgehead atoms. The third kappa shape index (κ3) is 2.77. The van der Waals surface area contributed by atoms with E-state index in [1.54, 1.807) is 0 Å². The van der Waals surface area contributed by atoms with Gasteiger partial charge in [0.1, 0.15) is 0 Å². The molecule has 0 unspecified atom stereocenters. The minimum absolute atomic E-state index is 0.847. The van der Waals surface area contributed by atoms with Gasteiger partial charge in [-0.15, -0.1) is 22.2 Å². The SMILES string of the molecule is Cl[Si](Cl)(CCBr)c1ccccc1. The molecule has 0 radical (unpaired) electrons. The summed E-state index contributed by atoms with van der Waals surface area (Å²) >= 11 is 15.8. The van der Waals surface area contributed by atoms with Crippen molar-refractivity contribution in [1.29, 1.82) is 0 Å². The first kappa shape index (κ1) is 10.6. The van der Waals surface area contributed by atoms with Crippen LogP contribution < -0.4 is 5.19 Å². The van der Waals surface area contributed by atoms with E-state index in [2.05, 4.69) is 15.9 Å². The Balaban J connectivity index is 2.82. The molecule has 0 amide bonds. The predicted molar refractivity (Wildman–Crippen MR) is 62.1 cm³/mol. The molecule has 4 heteroatoms. The number of hydrogen-bond acceptors (Lipinski definition) is 0. The second-order valence-electron chi connectivity index (χ2n) is 2.51. The van der Waals surface area contributed by atoms with E-state index in [1.165, 1.54) is 0 Å². The van der Waals surface area contributed by atoms with Gasteiger partial charge in [0.05, 0.1) is 0 Å². The monoisotopic (exact) mass is 282 g/mol. The van der Waals surface area contributed by atoms with E-state index in [0.29, 0.717) is 0 Å². The molecule has 0 nitrogen and oxygen atoms in total. The molecule has 12 heavy (non-hydrogen) atoms. The van der Waals surface area contributed by atoms with E-state index in [4.69, 9.17) is 22.2 Å². The molecular weight excluding hydrogens is 275 g/mol. The van der Waals surface area contributed by atoms with Crippen LogP contribution >= 0.6 is 38.1 Å². The van der Waals surface area contributed by atoms with Crippen molar-refractivity contribution in [3.05, 3.63) is 30.3 Å². The van der Waals surface area contributed by atoms with Crippen LogP contribution in [0.15, 0.2) is 30.3 Å². The maximum atomic E-state index is 6.24. The van der Waals surface area contributed by atoms with Crippen molar-refractivity contribution in [2.75, 3.05) is 5.33 Å². The summed E-state index contributed by atoms with van der Waals surface area (Å²) in [6.07, 6.45) is 0. The fourth-order valence-electron chi connectivity index (χ4n) is 0.945. The molecule has 0 aliphatic heterocycles. The van der Waals surface area contributed by atoms with Gasteiger partial charge < -0.3 is 0 Å². The topological polar surface area (TPSA) is 0 Å². The molecule has 0 saturated heterocycles. The first-order valence-corrected chi connectivity index (χ1v) is 9.01. The van der Waals surface area contributed by atoms with Crippen LogP contribution in [0.5, 0.6) is 0 Å². The molecule has 1 aromatic rings. The Kier molecular flexibility index (Phi) is 4.10. The summed E-state index contributed by atoms with van der Waals surface area (Å²) in [6, 6.07) is 10.7. The zero-order valence-corrected chi connectivity index (χ0v) is 10.5. The third-order valence-electron chi connectivity index (χ3n) is 1.60. The number of halogens is 3. The Morgan fingerprint density at radius 2 is 1.75 bits per heavy atom. The van der Waals surface area contributed by atoms with E-state index >= 15 is 0 Å². The molecule has 0 fully saturated rings. The number of benzene rings is 1. The molecule has 0 heterocycles. The van der Waals surface area contributed by atoms with E-state index in [9.17, 15) is 0 Å². The summed E-state index contributed by atoms with van der Waals surface area (Å²) in [7, 11) is 0. The average Bonchev–Trinajstić information content (AvgIpc) is 2.06. The lowest BCUT2D eigenvalue weighted by Gasteiger charge is -2.14. The van der Waals surface area contributed by atoms with Crippen molar-refractivity contribution in [3.8, 4) is 0 Å². The number of alkyl halides is 1. The molecule has 0 N–H and O–H groups in total. The smallest absolute Gasteiger partial charge is 0.140 e. The highest BCUT2D eigenvalue weighted by atomic mass is 79.9.